The maximum atomic E-state index is 5.66. The SMILES string of the molecule is C[C@H]1C=C(N)NN1c1ccccc1. The van der Waals surface area contributed by atoms with Crippen LogP contribution < -0.4 is 16.2 Å². The summed E-state index contributed by atoms with van der Waals surface area (Å²) in [6.45, 7) is 2.10. The smallest absolute Gasteiger partial charge is 0.113 e. The highest BCUT2D eigenvalue weighted by Crippen LogP contribution is 2.18. The van der Waals surface area contributed by atoms with E-state index in [0.717, 1.165) is 11.5 Å². The number of rotatable bonds is 1. The van der Waals surface area contributed by atoms with Gasteiger partial charge >= 0.3 is 0 Å². The van der Waals surface area contributed by atoms with E-state index < -0.39 is 0 Å². The molecule has 0 fully saturated rings. The Morgan fingerprint density at radius 1 is 1.31 bits per heavy atom. The molecule has 2 rings (SSSR count). The van der Waals surface area contributed by atoms with E-state index >= 15 is 0 Å². The zero-order valence-electron chi connectivity index (χ0n) is 7.57. The minimum atomic E-state index is 0.308. The Labute approximate surface area is 77.8 Å². The van der Waals surface area contributed by atoms with Gasteiger partial charge < -0.3 is 5.73 Å². The van der Waals surface area contributed by atoms with Gasteiger partial charge in [0.05, 0.1) is 11.7 Å². The molecule has 68 valence electrons. The summed E-state index contributed by atoms with van der Waals surface area (Å²) >= 11 is 0. The Kier molecular flexibility index (Phi) is 1.85. The van der Waals surface area contributed by atoms with Crippen LogP contribution in [0.2, 0.25) is 0 Å². The van der Waals surface area contributed by atoms with Crippen molar-refractivity contribution in [3.63, 3.8) is 0 Å². The van der Waals surface area contributed by atoms with Crippen molar-refractivity contribution in [2.45, 2.75) is 13.0 Å². The Morgan fingerprint density at radius 2 is 2.00 bits per heavy atom. The standard InChI is InChI=1S/C10H13N3/c1-8-7-10(11)12-13(8)9-5-3-2-4-6-9/h2-8,12H,11H2,1H3/t8-/m0/s1. The third-order valence-electron chi connectivity index (χ3n) is 2.11. The van der Waals surface area contributed by atoms with Crippen molar-refractivity contribution in [2.24, 2.45) is 5.73 Å². The molecule has 1 atom stereocenters. The van der Waals surface area contributed by atoms with E-state index in [4.69, 9.17) is 5.73 Å². The van der Waals surface area contributed by atoms with Crippen molar-refractivity contribution in [3.05, 3.63) is 42.2 Å². The van der Waals surface area contributed by atoms with E-state index in [-0.39, 0.29) is 0 Å². The van der Waals surface area contributed by atoms with Crippen molar-refractivity contribution < 1.29 is 0 Å². The molecule has 0 spiro atoms. The van der Waals surface area contributed by atoms with Gasteiger partial charge in [0, 0.05) is 0 Å². The Hall–Kier alpha value is -1.64. The minimum Gasteiger partial charge on any atom is -0.384 e. The van der Waals surface area contributed by atoms with Crippen LogP contribution in [0.5, 0.6) is 0 Å². The van der Waals surface area contributed by atoms with Crippen LogP contribution in [-0.4, -0.2) is 6.04 Å². The van der Waals surface area contributed by atoms with Gasteiger partial charge in [-0.15, -0.1) is 0 Å². The van der Waals surface area contributed by atoms with Gasteiger partial charge in [-0.3, -0.25) is 10.4 Å². The first-order chi connectivity index (χ1) is 6.27. The first-order valence-corrected chi connectivity index (χ1v) is 4.35. The molecule has 3 N–H and O–H groups in total. The van der Waals surface area contributed by atoms with Gasteiger partial charge in [0.2, 0.25) is 0 Å². The quantitative estimate of drug-likeness (QED) is 0.674. The second-order valence-corrected chi connectivity index (χ2v) is 3.18. The number of hydrogen-bond donors (Lipinski definition) is 2. The molecule has 3 nitrogen and oxygen atoms in total. The largest absolute Gasteiger partial charge is 0.384 e. The summed E-state index contributed by atoms with van der Waals surface area (Å²) in [7, 11) is 0. The lowest BCUT2D eigenvalue weighted by molar-refractivity contribution is 0.709. The van der Waals surface area contributed by atoms with E-state index in [1.165, 1.54) is 0 Å². The van der Waals surface area contributed by atoms with Gasteiger partial charge in [0.15, 0.2) is 0 Å². The van der Waals surface area contributed by atoms with E-state index in [0.29, 0.717) is 6.04 Å². The molecule has 0 saturated heterocycles. The molecular formula is C10H13N3. The predicted molar refractivity (Wildman–Crippen MR) is 53.8 cm³/mol. The molecule has 1 aliphatic rings. The summed E-state index contributed by atoms with van der Waals surface area (Å²) < 4.78 is 0. The number of nitrogens with two attached hydrogens (primary N) is 1. The average molecular weight is 175 g/mol. The molecule has 0 radical (unpaired) electrons. The maximum absolute atomic E-state index is 5.66. The van der Waals surface area contributed by atoms with Crippen LogP contribution in [-0.2, 0) is 0 Å². The zero-order valence-corrected chi connectivity index (χ0v) is 7.57. The van der Waals surface area contributed by atoms with Crippen molar-refractivity contribution in [1.82, 2.24) is 5.43 Å². The van der Waals surface area contributed by atoms with E-state index in [2.05, 4.69) is 24.5 Å². The molecule has 0 unspecified atom stereocenters. The molecule has 0 amide bonds. The van der Waals surface area contributed by atoms with Gasteiger partial charge in [0.1, 0.15) is 5.82 Å². The van der Waals surface area contributed by atoms with Crippen molar-refractivity contribution in [1.29, 1.82) is 0 Å². The second kappa shape index (κ2) is 3.01. The molecule has 3 heteroatoms. The first-order valence-electron chi connectivity index (χ1n) is 4.35. The molecule has 0 saturated carbocycles. The van der Waals surface area contributed by atoms with E-state index in [1.807, 2.05) is 29.3 Å². The fourth-order valence-corrected chi connectivity index (χ4v) is 1.50. The van der Waals surface area contributed by atoms with Crippen molar-refractivity contribution in [3.8, 4) is 0 Å². The van der Waals surface area contributed by atoms with Crippen LogP contribution in [0.1, 0.15) is 6.92 Å². The third kappa shape index (κ3) is 1.45. The van der Waals surface area contributed by atoms with E-state index in [9.17, 15) is 0 Å². The van der Waals surface area contributed by atoms with E-state index in [1.54, 1.807) is 0 Å². The number of para-hydroxylation sites is 1. The summed E-state index contributed by atoms with van der Waals surface area (Å²) in [6, 6.07) is 10.4. The first kappa shape index (κ1) is 7.98. The van der Waals surface area contributed by atoms with Crippen LogP contribution in [0.25, 0.3) is 0 Å². The Bertz CT molecular complexity index is 318. The molecule has 1 aliphatic heterocycles. The molecule has 0 aliphatic carbocycles. The van der Waals surface area contributed by atoms with Crippen LogP contribution in [0.4, 0.5) is 5.69 Å². The van der Waals surface area contributed by atoms with Gasteiger partial charge in [-0.25, -0.2) is 0 Å². The molecular weight excluding hydrogens is 162 g/mol. The lowest BCUT2D eigenvalue weighted by Crippen LogP contribution is -2.38. The van der Waals surface area contributed by atoms with Gasteiger partial charge in [0.25, 0.3) is 0 Å². The van der Waals surface area contributed by atoms with Crippen LogP contribution >= 0.6 is 0 Å². The highest BCUT2D eigenvalue weighted by molar-refractivity contribution is 5.49. The molecule has 0 bridgehead atoms. The second-order valence-electron chi connectivity index (χ2n) is 3.18. The summed E-state index contributed by atoms with van der Waals surface area (Å²) in [5, 5.41) is 2.04. The van der Waals surface area contributed by atoms with Gasteiger partial charge in [-0.2, -0.15) is 0 Å². The summed E-state index contributed by atoms with van der Waals surface area (Å²) in [4.78, 5) is 0. The summed E-state index contributed by atoms with van der Waals surface area (Å²) in [5.74, 6) is 0.719. The maximum Gasteiger partial charge on any atom is 0.113 e. The number of anilines is 1. The summed E-state index contributed by atoms with van der Waals surface area (Å²) in [5.41, 5.74) is 9.88. The lowest BCUT2D eigenvalue weighted by atomic mass is 10.2. The monoisotopic (exact) mass is 175 g/mol. The van der Waals surface area contributed by atoms with Crippen molar-refractivity contribution in [2.75, 3.05) is 5.01 Å². The van der Waals surface area contributed by atoms with Gasteiger partial charge in [-0.1, -0.05) is 18.2 Å². The highest BCUT2D eigenvalue weighted by atomic mass is 15.6. The Morgan fingerprint density at radius 3 is 2.54 bits per heavy atom. The third-order valence-corrected chi connectivity index (χ3v) is 2.11. The molecule has 13 heavy (non-hydrogen) atoms. The minimum absolute atomic E-state index is 0.308. The van der Waals surface area contributed by atoms with Crippen LogP contribution in [0, 0.1) is 0 Å². The normalized spacial score (nSPS) is 21.2. The Balaban J connectivity index is 2.21. The number of hydrazine groups is 1. The number of nitrogens with one attached hydrogen (secondary N) is 1. The zero-order chi connectivity index (χ0) is 9.26. The lowest BCUT2D eigenvalue weighted by Gasteiger charge is -2.23. The molecule has 0 aromatic heterocycles. The molecule has 1 aromatic rings. The van der Waals surface area contributed by atoms with Crippen LogP contribution in [0.15, 0.2) is 42.2 Å². The number of hydrogen-bond acceptors (Lipinski definition) is 3. The average Bonchev–Trinajstić information content (AvgIpc) is 2.47. The van der Waals surface area contributed by atoms with Crippen LogP contribution in [0.3, 0.4) is 0 Å². The number of benzene rings is 1. The van der Waals surface area contributed by atoms with Crippen molar-refractivity contribution >= 4 is 5.69 Å². The molecule has 1 aromatic carbocycles. The van der Waals surface area contributed by atoms with Gasteiger partial charge in [-0.05, 0) is 25.1 Å². The topological polar surface area (TPSA) is 41.3 Å². The fraction of sp³-hybridized carbons (Fsp3) is 0.200. The molecule has 1 heterocycles. The predicted octanol–water partition coefficient (Wildman–Crippen LogP) is 1.20. The summed E-state index contributed by atoms with van der Waals surface area (Å²) in [6.07, 6.45) is 1.99. The fourth-order valence-electron chi connectivity index (χ4n) is 1.50. The number of nitrogens with zero attached hydrogens (tertiary/aromatic N) is 1. The highest BCUT2D eigenvalue weighted by Gasteiger charge is 2.18.